The van der Waals surface area contributed by atoms with Gasteiger partial charge in [-0.05, 0) is 50.3 Å². The molecule has 0 atom stereocenters. The number of aryl methyl sites for hydroxylation is 1. The lowest BCUT2D eigenvalue weighted by Gasteiger charge is -2.43. The number of rotatable bonds is 2. The van der Waals surface area contributed by atoms with Crippen LogP contribution in [-0.4, -0.2) is 23.1 Å². The molecule has 0 saturated heterocycles. The number of carbonyl (C=O) groups is 1. The molecule has 2 aliphatic rings. The number of nitrogens with zero attached hydrogens (tertiary/aromatic N) is 3. The summed E-state index contributed by atoms with van der Waals surface area (Å²) in [6, 6.07) is 6.54. The molecule has 1 saturated carbocycles. The van der Waals surface area contributed by atoms with Gasteiger partial charge in [-0.3, -0.25) is 9.80 Å². The Morgan fingerprint density at radius 1 is 1.26 bits per heavy atom. The number of halogens is 2. The lowest BCUT2D eigenvalue weighted by molar-refractivity contribution is 0.243. The lowest BCUT2D eigenvalue weighted by Crippen LogP contribution is -2.53. The predicted octanol–water partition coefficient (Wildman–Crippen LogP) is 4.40. The van der Waals surface area contributed by atoms with Crippen LogP contribution in [0.3, 0.4) is 0 Å². The number of benzene rings is 1. The van der Waals surface area contributed by atoms with Crippen LogP contribution in [0.15, 0.2) is 30.5 Å². The van der Waals surface area contributed by atoms with E-state index in [0.717, 1.165) is 42.5 Å². The molecule has 2 amide bonds. The SMILES string of the molecule is Cc1cccc(F)c1N1Cc2cnc(Cl)cc2N([C@H]2CC[C@@H](N)CC2)C1=O. The zero-order valence-electron chi connectivity index (χ0n) is 15.2. The average Bonchev–Trinajstić information content (AvgIpc) is 2.63. The van der Waals surface area contributed by atoms with Crippen molar-refractivity contribution in [1.29, 1.82) is 0 Å². The predicted molar refractivity (Wildman–Crippen MR) is 105 cm³/mol. The van der Waals surface area contributed by atoms with Crippen molar-refractivity contribution in [3.63, 3.8) is 0 Å². The lowest BCUT2D eigenvalue weighted by atomic mass is 9.90. The molecule has 7 heteroatoms. The second-order valence-corrected chi connectivity index (χ2v) is 7.74. The summed E-state index contributed by atoms with van der Waals surface area (Å²) < 4.78 is 14.6. The highest BCUT2D eigenvalue weighted by Gasteiger charge is 2.38. The number of hydrogen-bond donors (Lipinski definition) is 1. The van der Waals surface area contributed by atoms with E-state index in [1.807, 2.05) is 13.0 Å². The number of nitrogens with two attached hydrogens (primary N) is 1. The van der Waals surface area contributed by atoms with Crippen LogP contribution in [0, 0.1) is 12.7 Å². The maximum Gasteiger partial charge on any atom is 0.329 e. The molecule has 0 spiro atoms. The molecule has 0 bridgehead atoms. The molecule has 1 aliphatic heterocycles. The normalized spacial score (nSPS) is 22.7. The van der Waals surface area contributed by atoms with Crippen LogP contribution in [0.4, 0.5) is 20.6 Å². The zero-order valence-corrected chi connectivity index (χ0v) is 15.9. The van der Waals surface area contributed by atoms with E-state index in [2.05, 4.69) is 4.98 Å². The molecule has 0 radical (unpaired) electrons. The van der Waals surface area contributed by atoms with E-state index < -0.39 is 5.82 Å². The van der Waals surface area contributed by atoms with Crippen molar-refractivity contribution in [3.05, 3.63) is 52.6 Å². The van der Waals surface area contributed by atoms with Gasteiger partial charge in [0.1, 0.15) is 11.0 Å². The zero-order chi connectivity index (χ0) is 19.1. The quantitative estimate of drug-likeness (QED) is 0.775. The van der Waals surface area contributed by atoms with E-state index in [0.29, 0.717) is 10.8 Å². The Morgan fingerprint density at radius 2 is 2.00 bits per heavy atom. The Labute approximate surface area is 162 Å². The number of para-hydroxylation sites is 1. The first-order valence-corrected chi connectivity index (χ1v) is 9.59. The molecule has 27 heavy (non-hydrogen) atoms. The monoisotopic (exact) mass is 388 g/mol. The number of anilines is 2. The van der Waals surface area contributed by atoms with Crippen molar-refractivity contribution in [2.24, 2.45) is 5.73 Å². The van der Waals surface area contributed by atoms with Gasteiger partial charge in [0.05, 0.1) is 17.9 Å². The van der Waals surface area contributed by atoms with E-state index in [1.165, 1.54) is 11.0 Å². The largest absolute Gasteiger partial charge is 0.329 e. The second kappa shape index (κ2) is 7.09. The summed E-state index contributed by atoms with van der Waals surface area (Å²) in [6.07, 6.45) is 5.03. The highest BCUT2D eigenvalue weighted by Crippen LogP contribution is 2.38. The van der Waals surface area contributed by atoms with Gasteiger partial charge in [0.25, 0.3) is 0 Å². The molecular formula is C20H22ClFN4O. The third-order valence-corrected chi connectivity index (χ3v) is 5.73. The minimum absolute atomic E-state index is 0.0180. The summed E-state index contributed by atoms with van der Waals surface area (Å²) in [5, 5.41) is 0.342. The number of carbonyl (C=O) groups excluding carboxylic acids is 1. The first-order chi connectivity index (χ1) is 13.0. The third kappa shape index (κ3) is 3.28. The molecule has 2 heterocycles. The van der Waals surface area contributed by atoms with Gasteiger partial charge < -0.3 is 5.73 Å². The summed E-state index contributed by atoms with van der Waals surface area (Å²) in [6.45, 7) is 2.08. The average molecular weight is 389 g/mol. The fraction of sp³-hybridized carbons (Fsp3) is 0.400. The van der Waals surface area contributed by atoms with E-state index in [1.54, 1.807) is 23.2 Å². The number of aromatic nitrogens is 1. The molecule has 142 valence electrons. The summed E-state index contributed by atoms with van der Waals surface area (Å²) in [5.74, 6) is -0.403. The van der Waals surface area contributed by atoms with Crippen LogP contribution in [0.2, 0.25) is 5.15 Å². The number of amides is 2. The summed E-state index contributed by atoms with van der Waals surface area (Å²) in [5.41, 5.74) is 8.71. The smallest absolute Gasteiger partial charge is 0.328 e. The fourth-order valence-electron chi connectivity index (χ4n) is 4.12. The van der Waals surface area contributed by atoms with Crippen LogP contribution in [0.25, 0.3) is 0 Å². The summed E-state index contributed by atoms with van der Waals surface area (Å²) >= 11 is 6.11. The second-order valence-electron chi connectivity index (χ2n) is 7.35. The Balaban J connectivity index is 1.79. The standard InChI is InChI=1S/C20H22ClFN4O/c1-12-3-2-4-16(22)19(12)25-11-13-10-24-18(21)9-17(13)26(20(25)27)15-7-5-14(23)6-8-15/h2-4,9-10,14-15H,5-8,11,23H2,1H3/t14-,15+. The number of urea groups is 1. The van der Waals surface area contributed by atoms with Crippen molar-refractivity contribution < 1.29 is 9.18 Å². The van der Waals surface area contributed by atoms with E-state index in [4.69, 9.17) is 17.3 Å². The van der Waals surface area contributed by atoms with E-state index in [9.17, 15) is 9.18 Å². The molecule has 4 rings (SSSR count). The fourth-order valence-corrected chi connectivity index (χ4v) is 4.27. The first-order valence-electron chi connectivity index (χ1n) is 9.21. The van der Waals surface area contributed by atoms with Gasteiger partial charge in [0.15, 0.2) is 0 Å². The minimum atomic E-state index is -0.403. The summed E-state index contributed by atoms with van der Waals surface area (Å²) in [4.78, 5) is 20.9. The van der Waals surface area contributed by atoms with Crippen LogP contribution in [-0.2, 0) is 6.54 Å². The Hall–Kier alpha value is -2.18. The van der Waals surface area contributed by atoms with Gasteiger partial charge in [0, 0.05) is 23.8 Å². The van der Waals surface area contributed by atoms with Crippen LogP contribution in [0.1, 0.15) is 36.8 Å². The number of hydrogen-bond acceptors (Lipinski definition) is 3. The third-order valence-electron chi connectivity index (χ3n) is 5.52. The van der Waals surface area contributed by atoms with Crippen molar-refractivity contribution in [3.8, 4) is 0 Å². The molecule has 5 nitrogen and oxygen atoms in total. The molecular weight excluding hydrogens is 367 g/mol. The van der Waals surface area contributed by atoms with Gasteiger partial charge >= 0.3 is 6.03 Å². The van der Waals surface area contributed by atoms with Gasteiger partial charge in [-0.15, -0.1) is 0 Å². The van der Waals surface area contributed by atoms with Gasteiger partial charge in [-0.2, -0.15) is 0 Å². The molecule has 2 N–H and O–H groups in total. The van der Waals surface area contributed by atoms with E-state index >= 15 is 0 Å². The van der Waals surface area contributed by atoms with Gasteiger partial charge in [0.2, 0.25) is 0 Å². The van der Waals surface area contributed by atoms with Crippen molar-refractivity contribution in [2.75, 3.05) is 9.80 Å². The first kappa shape index (κ1) is 18.2. The number of fused-ring (bicyclic) bond motifs is 1. The highest BCUT2D eigenvalue weighted by molar-refractivity contribution is 6.29. The molecule has 1 aromatic carbocycles. The molecule has 1 aliphatic carbocycles. The van der Waals surface area contributed by atoms with Gasteiger partial charge in [-0.1, -0.05) is 23.7 Å². The van der Waals surface area contributed by atoms with E-state index in [-0.39, 0.29) is 24.7 Å². The molecule has 1 aromatic heterocycles. The Kier molecular flexibility index (Phi) is 4.78. The van der Waals surface area contributed by atoms with Crippen molar-refractivity contribution >= 4 is 29.0 Å². The Bertz CT molecular complexity index is 862. The maximum absolute atomic E-state index is 14.6. The highest BCUT2D eigenvalue weighted by atomic mass is 35.5. The molecule has 1 fully saturated rings. The Morgan fingerprint density at radius 3 is 2.70 bits per heavy atom. The maximum atomic E-state index is 14.6. The summed E-state index contributed by atoms with van der Waals surface area (Å²) in [7, 11) is 0. The topological polar surface area (TPSA) is 62.5 Å². The minimum Gasteiger partial charge on any atom is -0.328 e. The van der Waals surface area contributed by atoms with Crippen LogP contribution < -0.4 is 15.5 Å². The van der Waals surface area contributed by atoms with Crippen LogP contribution >= 0.6 is 11.6 Å². The van der Waals surface area contributed by atoms with Gasteiger partial charge in [-0.25, -0.2) is 14.2 Å². The van der Waals surface area contributed by atoms with Crippen LogP contribution in [0.5, 0.6) is 0 Å². The molecule has 2 aromatic rings. The number of pyridine rings is 1. The van der Waals surface area contributed by atoms with Crippen molar-refractivity contribution in [2.45, 2.75) is 51.2 Å². The van der Waals surface area contributed by atoms with Crippen molar-refractivity contribution in [1.82, 2.24) is 4.98 Å². The molecule has 0 unspecified atom stereocenters.